The summed E-state index contributed by atoms with van der Waals surface area (Å²) in [6.45, 7) is 16.4. The number of benzene rings is 1. The first-order valence-corrected chi connectivity index (χ1v) is 13.3. The lowest BCUT2D eigenvalue weighted by atomic mass is 10.1. The fraction of sp³-hybridized carbons (Fsp3) is 0.750. The average molecular weight is 444 g/mol. The number of nitrogens with zero attached hydrogens (tertiary/aromatic N) is 1. The zero-order chi connectivity index (χ0) is 23.0. The first-order valence-electron chi connectivity index (χ1n) is 11.8. The summed E-state index contributed by atoms with van der Waals surface area (Å²) in [5.74, 6) is 0. The predicted molar refractivity (Wildman–Crippen MR) is 130 cm³/mol. The Labute approximate surface area is 186 Å². The van der Waals surface area contributed by atoms with Gasteiger partial charge in [0, 0.05) is 5.69 Å². The molecule has 0 aliphatic carbocycles. The fourth-order valence-corrected chi connectivity index (χ4v) is 4.12. The van der Waals surface area contributed by atoms with Crippen LogP contribution in [0.5, 0.6) is 0 Å². The smallest absolute Gasteiger partial charge is 0.271 e. The first-order chi connectivity index (χ1) is 14.2. The number of rotatable bonds is 14. The van der Waals surface area contributed by atoms with Gasteiger partial charge in [-0.15, -0.1) is 0 Å². The highest BCUT2D eigenvalue weighted by Gasteiger charge is 2.24. The van der Waals surface area contributed by atoms with E-state index in [4.69, 9.17) is 10.3 Å². The van der Waals surface area contributed by atoms with E-state index in [0.717, 1.165) is 0 Å². The molecule has 6 heteroatoms. The summed E-state index contributed by atoms with van der Waals surface area (Å²) < 4.78 is 31.7. The third-order valence-electron chi connectivity index (χ3n) is 5.77. The van der Waals surface area contributed by atoms with Crippen LogP contribution >= 0.6 is 0 Å². The van der Waals surface area contributed by atoms with Crippen LogP contribution in [0.4, 0.5) is 5.69 Å². The standard InChI is InChI=1S/C16H36N.C8H11NO3S/c1-5-9-13-17(14-10-6-2,15-11-7-3)16-12-8-4;1-6(13(10,11)12)7-3-2-4-8(9)5-7/h5-16H2,1-4H3;2-6H,9H2,1H3,(H,10,11,12)/q+1;. The van der Waals surface area contributed by atoms with Crippen molar-refractivity contribution in [1.82, 2.24) is 0 Å². The number of unbranched alkanes of at least 4 members (excludes halogenated alkanes) is 4. The monoisotopic (exact) mass is 443 g/mol. The maximum atomic E-state index is 10.8. The van der Waals surface area contributed by atoms with Gasteiger partial charge in [0.1, 0.15) is 5.25 Å². The first kappa shape index (κ1) is 28.9. The Balaban J connectivity index is 0.000000579. The van der Waals surface area contributed by atoms with Crippen molar-refractivity contribution in [3.63, 3.8) is 0 Å². The van der Waals surface area contributed by atoms with E-state index < -0.39 is 15.4 Å². The van der Waals surface area contributed by atoms with Crippen LogP contribution in [-0.4, -0.2) is 43.6 Å². The van der Waals surface area contributed by atoms with Crippen LogP contribution in [0.25, 0.3) is 0 Å². The predicted octanol–water partition coefficient (Wildman–Crippen LogP) is 6.22. The average Bonchev–Trinajstić information content (AvgIpc) is 2.72. The summed E-state index contributed by atoms with van der Waals surface area (Å²) in [6, 6.07) is 6.43. The van der Waals surface area contributed by atoms with Gasteiger partial charge in [-0.1, -0.05) is 65.5 Å². The van der Waals surface area contributed by atoms with Crippen LogP contribution in [0.15, 0.2) is 24.3 Å². The molecule has 1 rings (SSSR count). The molecule has 0 amide bonds. The zero-order valence-corrected chi connectivity index (χ0v) is 20.9. The van der Waals surface area contributed by atoms with Gasteiger partial charge in [0.2, 0.25) is 0 Å². The molecule has 0 radical (unpaired) electrons. The molecule has 176 valence electrons. The number of quaternary nitrogens is 1. The highest BCUT2D eigenvalue weighted by atomic mass is 32.2. The van der Waals surface area contributed by atoms with Gasteiger partial charge in [0.05, 0.1) is 26.2 Å². The van der Waals surface area contributed by atoms with E-state index in [1.165, 1.54) is 95.0 Å². The van der Waals surface area contributed by atoms with Gasteiger partial charge >= 0.3 is 0 Å². The van der Waals surface area contributed by atoms with E-state index >= 15 is 0 Å². The van der Waals surface area contributed by atoms with Crippen molar-refractivity contribution in [1.29, 1.82) is 0 Å². The van der Waals surface area contributed by atoms with Crippen LogP contribution in [0.1, 0.15) is 96.8 Å². The van der Waals surface area contributed by atoms with Gasteiger partial charge in [-0.05, 0) is 50.3 Å². The van der Waals surface area contributed by atoms with E-state index in [0.29, 0.717) is 11.3 Å². The van der Waals surface area contributed by atoms with Crippen LogP contribution in [0.2, 0.25) is 0 Å². The zero-order valence-electron chi connectivity index (χ0n) is 20.1. The molecule has 0 aliphatic rings. The fourth-order valence-electron chi connectivity index (χ4n) is 3.63. The quantitative estimate of drug-likeness (QED) is 0.203. The van der Waals surface area contributed by atoms with Gasteiger partial charge in [0.25, 0.3) is 10.1 Å². The van der Waals surface area contributed by atoms with E-state index in [2.05, 4.69) is 27.7 Å². The molecule has 0 aromatic heterocycles. The molecule has 5 nitrogen and oxygen atoms in total. The van der Waals surface area contributed by atoms with Gasteiger partial charge in [0.15, 0.2) is 0 Å². The van der Waals surface area contributed by atoms with Gasteiger partial charge in [-0.2, -0.15) is 8.42 Å². The van der Waals surface area contributed by atoms with Crippen molar-refractivity contribution in [2.75, 3.05) is 31.9 Å². The SMILES string of the molecule is CC(c1cccc(N)c1)S(=O)(=O)O.CCCC[N+](CCCC)(CCCC)CCCC. The molecule has 30 heavy (non-hydrogen) atoms. The number of hydrogen-bond donors (Lipinski definition) is 2. The Bertz CT molecular complexity index is 625. The molecule has 0 spiro atoms. The molecule has 1 aromatic rings. The number of hydrogen-bond acceptors (Lipinski definition) is 3. The summed E-state index contributed by atoms with van der Waals surface area (Å²) in [5, 5.41) is -0.934. The van der Waals surface area contributed by atoms with Crippen LogP contribution in [-0.2, 0) is 10.1 Å². The summed E-state index contributed by atoms with van der Waals surface area (Å²) >= 11 is 0. The molecule has 0 heterocycles. The summed E-state index contributed by atoms with van der Waals surface area (Å²) in [4.78, 5) is 0. The normalized spacial score (nSPS) is 12.9. The molecular weight excluding hydrogens is 396 g/mol. The maximum absolute atomic E-state index is 10.8. The second-order valence-electron chi connectivity index (χ2n) is 8.48. The molecule has 0 bridgehead atoms. The highest BCUT2D eigenvalue weighted by molar-refractivity contribution is 7.86. The van der Waals surface area contributed by atoms with Crippen LogP contribution in [0.3, 0.4) is 0 Å². The second kappa shape index (κ2) is 15.7. The third kappa shape index (κ3) is 11.9. The maximum Gasteiger partial charge on any atom is 0.271 e. The molecular formula is C24H47N2O3S+. The topological polar surface area (TPSA) is 80.4 Å². The lowest BCUT2D eigenvalue weighted by Crippen LogP contribution is -2.50. The van der Waals surface area contributed by atoms with E-state index in [1.54, 1.807) is 18.2 Å². The second-order valence-corrected chi connectivity index (χ2v) is 10.2. The molecule has 1 unspecified atom stereocenters. The molecule has 0 saturated heterocycles. The molecule has 0 aliphatic heterocycles. The van der Waals surface area contributed by atoms with E-state index in [9.17, 15) is 8.42 Å². The minimum atomic E-state index is -4.03. The van der Waals surface area contributed by atoms with Crippen molar-refractivity contribution in [3.05, 3.63) is 29.8 Å². The Morgan fingerprint density at radius 3 is 1.57 bits per heavy atom. The highest BCUT2D eigenvalue weighted by Crippen LogP contribution is 2.22. The van der Waals surface area contributed by atoms with Crippen molar-refractivity contribution in [2.45, 2.75) is 91.2 Å². The van der Waals surface area contributed by atoms with Gasteiger partial charge < -0.3 is 10.2 Å². The van der Waals surface area contributed by atoms with Crippen molar-refractivity contribution < 1.29 is 17.5 Å². The lowest BCUT2D eigenvalue weighted by Gasteiger charge is -2.39. The molecule has 3 N–H and O–H groups in total. The third-order valence-corrected chi connectivity index (χ3v) is 6.94. The molecule has 1 atom stereocenters. The van der Waals surface area contributed by atoms with Crippen molar-refractivity contribution in [3.8, 4) is 0 Å². The molecule has 0 saturated carbocycles. The van der Waals surface area contributed by atoms with Gasteiger partial charge in [-0.25, -0.2) is 0 Å². The van der Waals surface area contributed by atoms with Crippen molar-refractivity contribution >= 4 is 15.8 Å². The Morgan fingerprint density at radius 2 is 1.27 bits per heavy atom. The Hall–Kier alpha value is -1.11. The van der Waals surface area contributed by atoms with Crippen LogP contribution in [0, 0.1) is 0 Å². The lowest BCUT2D eigenvalue weighted by molar-refractivity contribution is -0.929. The Morgan fingerprint density at radius 1 is 0.867 bits per heavy atom. The molecule has 1 aromatic carbocycles. The summed E-state index contributed by atoms with van der Waals surface area (Å²) in [5.41, 5.74) is 6.43. The van der Waals surface area contributed by atoms with E-state index in [1.807, 2.05) is 0 Å². The molecule has 0 fully saturated rings. The summed E-state index contributed by atoms with van der Waals surface area (Å²) in [6.07, 6.45) is 11.1. The van der Waals surface area contributed by atoms with Gasteiger partial charge in [-0.3, -0.25) is 4.55 Å². The Kier molecular flexibility index (Phi) is 15.1. The number of nitrogens with two attached hydrogens (primary N) is 1. The largest absolute Gasteiger partial charge is 0.399 e. The minimum absolute atomic E-state index is 0.480. The van der Waals surface area contributed by atoms with Crippen LogP contribution < -0.4 is 5.73 Å². The summed E-state index contributed by atoms with van der Waals surface area (Å²) in [7, 11) is -4.03. The number of anilines is 1. The van der Waals surface area contributed by atoms with Crippen molar-refractivity contribution in [2.24, 2.45) is 0 Å². The minimum Gasteiger partial charge on any atom is -0.399 e. The van der Waals surface area contributed by atoms with E-state index in [-0.39, 0.29) is 0 Å². The number of nitrogen functional groups attached to an aromatic ring is 1.